The minimum Gasteiger partial charge on any atom is -0.491 e. The molecule has 1 aliphatic carbocycles. The molecule has 0 radical (unpaired) electrons. The predicted octanol–water partition coefficient (Wildman–Crippen LogP) is 4.13. The SMILES string of the molecule is CC(C)Oc1ccc(NC(=NCC2CN3CCCC3CO2)NCCCOCC2CC2)cc1.I. The molecule has 2 atom stereocenters. The average molecular weight is 573 g/mol. The first-order valence-electron chi connectivity index (χ1n) is 12.4. The van der Waals surface area contributed by atoms with Gasteiger partial charge in [-0.3, -0.25) is 9.89 Å². The number of fused-ring (bicyclic) bond motifs is 1. The Hall–Kier alpha value is -1.10. The molecule has 2 heterocycles. The highest BCUT2D eigenvalue weighted by Gasteiger charge is 2.32. The number of aliphatic imine (C=N–C) groups is 1. The summed E-state index contributed by atoms with van der Waals surface area (Å²) in [6.45, 7) is 10.3. The van der Waals surface area contributed by atoms with Crippen molar-refractivity contribution in [3.8, 4) is 5.75 Å². The minimum atomic E-state index is 0. The first-order valence-corrected chi connectivity index (χ1v) is 12.4. The smallest absolute Gasteiger partial charge is 0.195 e. The van der Waals surface area contributed by atoms with Gasteiger partial charge in [-0.2, -0.15) is 0 Å². The molecule has 1 saturated carbocycles. The lowest BCUT2D eigenvalue weighted by Crippen LogP contribution is -2.47. The van der Waals surface area contributed by atoms with Crippen LogP contribution in [0.3, 0.4) is 0 Å². The summed E-state index contributed by atoms with van der Waals surface area (Å²) < 4.78 is 17.6. The first-order chi connectivity index (χ1) is 15.7. The second kappa shape index (κ2) is 13.7. The molecule has 2 saturated heterocycles. The lowest BCUT2D eigenvalue weighted by molar-refractivity contribution is -0.0431. The fourth-order valence-corrected chi connectivity index (χ4v) is 4.27. The van der Waals surface area contributed by atoms with Gasteiger partial charge in [-0.05, 0) is 82.7 Å². The van der Waals surface area contributed by atoms with E-state index in [4.69, 9.17) is 19.2 Å². The third-order valence-electron chi connectivity index (χ3n) is 6.21. The summed E-state index contributed by atoms with van der Waals surface area (Å²) >= 11 is 0. The largest absolute Gasteiger partial charge is 0.491 e. The fraction of sp³-hybridized carbons (Fsp3) is 0.720. The van der Waals surface area contributed by atoms with Crippen LogP contribution in [0.25, 0.3) is 0 Å². The van der Waals surface area contributed by atoms with Crippen molar-refractivity contribution < 1.29 is 14.2 Å². The zero-order valence-electron chi connectivity index (χ0n) is 20.1. The monoisotopic (exact) mass is 572 g/mol. The van der Waals surface area contributed by atoms with E-state index in [0.717, 1.165) is 62.6 Å². The highest BCUT2D eigenvalue weighted by molar-refractivity contribution is 14.0. The molecule has 1 aromatic carbocycles. The number of nitrogens with zero attached hydrogens (tertiary/aromatic N) is 2. The van der Waals surface area contributed by atoms with E-state index in [0.29, 0.717) is 12.6 Å². The average Bonchev–Trinajstić information content (AvgIpc) is 3.49. The molecular formula is C25H41IN4O3. The van der Waals surface area contributed by atoms with E-state index in [-0.39, 0.29) is 36.2 Å². The normalized spacial score (nSPS) is 23.2. The molecular weight excluding hydrogens is 531 g/mol. The zero-order valence-corrected chi connectivity index (χ0v) is 22.5. The van der Waals surface area contributed by atoms with Crippen molar-refractivity contribution in [2.24, 2.45) is 10.9 Å². The highest BCUT2D eigenvalue weighted by atomic mass is 127. The van der Waals surface area contributed by atoms with Gasteiger partial charge in [0.15, 0.2) is 5.96 Å². The maximum absolute atomic E-state index is 6.09. The van der Waals surface area contributed by atoms with Crippen LogP contribution >= 0.6 is 24.0 Å². The molecule has 3 fully saturated rings. The number of ether oxygens (including phenoxy) is 3. The molecule has 186 valence electrons. The topological polar surface area (TPSA) is 67.4 Å². The van der Waals surface area contributed by atoms with Gasteiger partial charge in [0.25, 0.3) is 0 Å². The summed E-state index contributed by atoms with van der Waals surface area (Å²) in [5.41, 5.74) is 0.988. The highest BCUT2D eigenvalue weighted by Crippen LogP contribution is 2.28. The van der Waals surface area contributed by atoms with Crippen LogP contribution in [0, 0.1) is 5.92 Å². The number of morpholine rings is 1. The van der Waals surface area contributed by atoms with Gasteiger partial charge >= 0.3 is 0 Å². The summed E-state index contributed by atoms with van der Waals surface area (Å²) in [4.78, 5) is 7.42. The van der Waals surface area contributed by atoms with E-state index >= 15 is 0 Å². The number of rotatable bonds is 11. The Morgan fingerprint density at radius 1 is 1.21 bits per heavy atom. The van der Waals surface area contributed by atoms with Crippen LogP contribution in [0.4, 0.5) is 5.69 Å². The zero-order chi connectivity index (χ0) is 22.2. The number of anilines is 1. The van der Waals surface area contributed by atoms with Crippen LogP contribution in [0.1, 0.15) is 46.0 Å². The predicted molar refractivity (Wildman–Crippen MR) is 144 cm³/mol. The van der Waals surface area contributed by atoms with Crippen molar-refractivity contribution in [3.05, 3.63) is 24.3 Å². The van der Waals surface area contributed by atoms with E-state index in [1.165, 1.54) is 32.2 Å². The number of nitrogens with one attached hydrogen (secondary N) is 2. The Labute approximate surface area is 216 Å². The molecule has 3 aliphatic rings. The Kier molecular flexibility index (Phi) is 11.0. The van der Waals surface area contributed by atoms with Crippen LogP contribution in [0.5, 0.6) is 5.75 Å². The van der Waals surface area contributed by atoms with E-state index in [2.05, 4.69) is 15.5 Å². The molecule has 0 spiro atoms. The summed E-state index contributed by atoms with van der Waals surface area (Å²) in [6.07, 6.45) is 6.51. The van der Waals surface area contributed by atoms with Crippen molar-refractivity contribution in [3.63, 3.8) is 0 Å². The summed E-state index contributed by atoms with van der Waals surface area (Å²) in [5.74, 6) is 2.48. The summed E-state index contributed by atoms with van der Waals surface area (Å²) in [5, 5.41) is 6.90. The van der Waals surface area contributed by atoms with Crippen LogP contribution in [0.15, 0.2) is 29.3 Å². The van der Waals surface area contributed by atoms with Crippen LogP contribution in [-0.2, 0) is 9.47 Å². The van der Waals surface area contributed by atoms with Gasteiger partial charge in [-0.25, -0.2) is 0 Å². The Bertz CT molecular complexity index is 727. The van der Waals surface area contributed by atoms with E-state index < -0.39 is 0 Å². The fourth-order valence-electron chi connectivity index (χ4n) is 4.27. The van der Waals surface area contributed by atoms with Crippen molar-refractivity contribution in [1.82, 2.24) is 10.2 Å². The van der Waals surface area contributed by atoms with Gasteiger partial charge in [0.2, 0.25) is 0 Å². The molecule has 33 heavy (non-hydrogen) atoms. The number of halogens is 1. The second-order valence-electron chi connectivity index (χ2n) is 9.55. The number of benzene rings is 1. The lowest BCUT2D eigenvalue weighted by atomic mass is 10.2. The van der Waals surface area contributed by atoms with Gasteiger partial charge in [0, 0.05) is 38.0 Å². The molecule has 0 aromatic heterocycles. The molecule has 0 amide bonds. The molecule has 0 bridgehead atoms. The lowest BCUT2D eigenvalue weighted by Gasteiger charge is -2.34. The van der Waals surface area contributed by atoms with Gasteiger partial charge in [-0.1, -0.05) is 0 Å². The third kappa shape index (κ3) is 9.22. The van der Waals surface area contributed by atoms with E-state index in [1.807, 2.05) is 38.1 Å². The standard InChI is InChI=1S/C25H40N4O3.HI/c1-19(2)32-23-10-8-21(9-11-23)28-25(26-12-4-14-30-17-20-6-7-20)27-15-24-16-29-13-3-5-22(29)18-31-24;/h8-11,19-20,22,24H,3-7,12-18H2,1-2H3,(H2,26,27,28);1H. The van der Waals surface area contributed by atoms with Gasteiger partial charge < -0.3 is 24.8 Å². The molecule has 2 N–H and O–H groups in total. The van der Waals surface area contributed by atoms with Crippen molar-refractivity contribution >= 4 is 35.6 Å². The molecule has 4 rings (SSSR count). The van der Waals surface area contributed by atoms with Gasteiger partial charge in [0.1, 0.15) is 5.75 Å². The van der Waals surface area contributed by atoms with Gasteiger partial charge in [0.05, 0.1) is 25.4 Å². The quantitative estimate of drug-likeness (QED) is 0.180. The van der Waals surface area contributed by atoms with Gasteiger partial charge in [-0.15, -0.1) is 24.0 Å². The van der Waals surface area contributed by atoms with Crippen LogP contribution in [0.2, 0.25) is 0 Å². The minimum absolute atomic E-state index is 0. The van der Waals surface area contributed by atoms with E-state index in [9.17, 15) is 0 Å². The van der Waals surface area contributed by atoms with Crippen molar-refractivity contribution in [2.75, 3.05) is 51.3 Å². The van der Waals surface area contributed by atoms with Crippen molar-refractivity contribution in [2.45, 2.75) is 64.2 Å². The Balaban J connectivity index is 0.00000306. The first kappa shape index (κ1) is 26.5. The maximum atomic E-state index is 6.09. The van der Waals surface area contributed by atoms with Crippen molar-refractivity contribution in [1.29, 1.82) is 0 Å². The summed E-state index contributed by atoms with van der Waals surface area (Å²) in [6, 6.07) is 8.65. The number of hydrogen-bond donors (Lipinski definition) is 2. The van der Waals surface area contributed by atoms with Crippen LogP contribution < -0.4 is 15.4 Å². The Morgan fingerprint density at radius 3 is 2.79 bits per heavy atom. The second-order valence-corrected chi connectivity index (χ2v) is 9.55. The summed E-state index contributed by atoms with van der Waals surface area (Å²) in [7, 11) is 0. The molecule has 7 nitrogen and oxygen atoms in total. The van der Waals surface area contributed by atoms with Crippen LogP contribution in [-0.4, -0.2) is 75.1 Å². The number of guanidine groups is 1. The van der Waals surface area contributed by atoms with E-state index in [1.54, 1.807) is 0 Å². The molecule has 2 unspecified atom stereocenters. The Morgan fingerprint density at radius 2 is 2.03 bits per heavy atom. The third-order valence-corrected chi connectivity index (χ3v) is 6.21. The number of hydrogen-bond acceptors (Lipinski definition) is 5. The molecule has 2 aliphatic heterocycles. The maximum Gasteiger partial charge on any atom is 0.195 e. The molecule has 8 heteroatoms. The molecule has 1 aromatic rings.